The van der Waals surface area contributed by atoms with Gasteiger partial charge in [0.15, 0.2) is 0 Å². The first kappa shape index (κ1) is 13.5. The molecule has 1 amide bonds. The van der Waals surface area contributed by atoms with Crippen LogP contribution < -0.4 is 0 Å². The van der Waals surface area contributed by atoms with Crippen LogP contribution in [0.15, 0.2) is 24.3 Å². The lowest BCUT2D eigenvalue weighted by Crippen LogP contribution is -2.34. The van der Waals surface area contributed by atoms with Gasteiger partial charge in [0.2, 0.25) is 5.91 Å². The van der Waals surface area contributed by atoms with E-state index < -0.39 is 0 Å². The minimum Gasteiger partial charge on any atom is -0.338 e. The fraction of sp³-hybridized carbons (Fsp3) is 0.417. The summed E-state index contributed by atoms with van der Waals surface area (Å²) in [7, 11) is 0. The van der Waals surface area contributed by atoms with E-state index in [-0.39, 0.29) is 10.7 Å². The summed E-state index contributed by atoms with van der Waals surface area (Å²) in [5.74, 6) is 0.0995. The molecule has 1 atom stereocenters. The zero-order valence-electron chi connectivity index (χ0n) is 9.41. The van der Waals surface area contributed by atoms with E-state index in [2.05, 4.69) is 15.9 Å². The molecule has 0 saturated carbocycles. The SMILES string of the molecule is CCN(Cc1cccc(Cl)c1)C(=O)C(C)Br. The van der Waals surface area contributed by atoms with Crippen molar-refractivity contribution in [3.05, 3.63) is 34.9 Å². The van der Waals surface area contributed by atoms with Crippen molar-refractivity contribution in [1.82, 2.24) is 4.90 Å². The van der Waals surface area contributed by atoms with Crippen LogP contribution in [0.4, 0.5) is 0 Å². The Morgan fingerprint density at radius 3 is 2.75 bits per heavy atom. The van der Waals surface area contributed by atoms with E-state index in [0.717, 1.165) is 5.56 Å². The van der Waals surface area contributed by atoms with E-state index in [1.54, 1.807) is 4.90 Å². The van der Waals surface area contributed by atoms with Gasteiger partial charge in [-0.15, -0.1) is 0 Å². The first-order valence-corrected chi connectivity index (χ1v) is 6.51. The fourth-order valence-electron chi connectivity index (χ4n) is 1.45. The molecule has 88 valence electrons. The van der Waals surface area contributed by atoms with Crippen LogP contribution in [-0.2, 0) is 11.3 Å². The molecule has 0 fully saturated rings. The van der Waals surface area contributed by atoms with Gasteiger partial charge in [-0.2, -0.15) is 0 Å². The molecule has 0 aliphatic heterocycles. The molecule has 0 heterocycles. The molecule has 0 aliphatic carbocycles. The van der Waals surface area contributed by atoms with Crippen molar-refractivity contribution in [2.75, 3.05) is 6.54 Å². The Labute approximate surface area is 110 Å². The van der Waals surface area contributed by atoms with Crippen LogP contribution in [0.3, 0.4) is 0 Å². The predicted molar refractivity (Wildman–Crippen MR) is 70.9 cm³/mol. The predicted octanol–water partition coefficient (Wildman–Crippen LogP) is 3.47. The average Bonchev–Trinajstić information content (AvgIpc) is 2.25. The minimum absolute atomic E-state index is 0.0995. The van der Waals surface area contributed by atoms with E-state index in [1.807, 2.05) is 38.1 Å². The molecule has 1 aromatic carbocycles. The highest BCUT2D eigenvalue weighted by Crippen LogP contribution is 2.14. The minimum atomic E-state index is -0.147. The Kier molecular flexibility index (Phi) is 5.29. The largest absolute Gasteiger partial charge is 0.338 e. The van der Waals surface area contributed by atoms with Gasteiger partial charge in [-0.05, 0) is 31.5 Å². The highest BCUT2D eigenvalue weighted by Gasteiger charge is 2.16. The number of alkyl halides is 1. The Hall–Kier alpha value is -0.540. The quantitative estimate of drug-likeness (QED) is 0.780. The normalized spacial score (nSPS) is 12.2. The maximum Gasteiger partial charge on any atom is 0.236 e. The Morgan fingerprint density at radius 1 is 1.56 bits per heavy atom. The second-order valence-corrected chi connectivity index (χ2v) is 5.41. The van der Waals surface area contributed by atoms with E-state index in [1.165, 1.54) is 0 Å². The number of hydrogen-bond acceptors (Lipinski definition) is 1. The zero-order valence-corrected chi connectivity index (χ0v) is 11.8. The summed E-state index contributed by atoms with van der Waals surface area (Å²) < 4.78 is 0. The van der Waals surface area contributed by atoms with E-state index in [4.69, 9.17) is 11.6 Å². The number of carbonyl (C=O) groups excluding carboxylic acids is 1. The van der Waals surface area contributed by atoms with Gasteiger partial charge in [-0.3, -0.25) is 4.79 Å². The number of amides is 1. The van der Waals surface area contributed by atoms with Gasteiger partial charge in [-0.1, -0.05) is 39.7 Å². The highest BCUT2D eigenvalue weighted by atomic mass is 79.9. The smallest absolute Gasteiger partial charge is 0.236 e. The van der Waals surface area contributed by atoms with Crippen LogP contribution in [-0.4, -0.2) is 22.2 Å². The Morgan fingerprint density at radius 2 is 2.25 bits per heavy atom. The van der Waals surface area contributed by atoms with Gasteiger partial charge < -0.3 is 4.90 Å². The third-order valence-corrected chi connectivity index (χ3v) is 2.92. The van der Waals surface area contributed by atoms with Crippen LogP contribution in [0.2, 0.25) is 5.02 Å². The number of nitrogens with zero attached hydrogens (tertiary/aromatic N) is 1. The summed E-state index contributed by atoms with van der Waals surface area (Å²) >= 11 is 9.19. The number of rotatable bonds is 4. The summed E-state index contributed by atoms with van der Waals surface area (Å²) in [6.45, 7) is 5.11. The third kappa shape index (κ3) is 3.80. The van der Waals surface area contributed by atoms with Crippen LogP contribution >= 0.6 is 27.5 Å². The van der Waals surface area contributed by atoms with Gasteiger partial charge in [0.1, 0.15) is 0 Å². The molecular formula is C12H15BrClNO. The van der Waals surface area contributed by atoms with Gasteiger partial charge in [-0.25, -0.2) is 0 Å². The standard InChI is InChI=1S/C12H15BrClNO/c1-3-15(12(16)9(2)13)8-10-5-4-6-11(14)7-10/h4-7,9H,3,8H2,1-2H3. The van der Waals surface area contributed by atoms with E-state index in [0.29, 0.717) is 18.1 Å². The molecule has 1 aromatic rings. The zero-order chi connectivity index (χ0) is 12.1. The Balaban J connectivity index is 2.74. The summed E-state index contributed by atoms with van der Waals surface area (Å²) in [6.07, 6.45) is 0. The first-order valence-electron chi connectivity index (χ1n) is 5.22. The molecule has 0 aliphatic rings. The molecular weight excluding hydrogens is 289 g/mol. The lowest BCUT2D eigenvalue weighted by molar-refractivity contribution is -0.130. The van der Waals surface area contributed by atoms with Crippen molar-refractivity contribution in [2.45, 2.75) is 25.2 Å². The van der Waals surface area contributed by atoms with Crippen molar-refractivity contribution in [3.8, 4) is 0 Å². The second kappa shape index (κ2) is 6.26. The van der Waals surface area contributed by atoms with Crippen molar-refractivity contribution in [2.24, 2.45) is 0 Å². The van der Waals surface area contributed by atoms with Gasteiger partial charge >= 0.3 is 0 Å². The Bertz CT molecular complexity index is 368. The summed E-state index contributed by atoms with van der Waals surface area (Å²) in [5, 5.41) is 0.702. The summed E-state index contributed by atoms with van der Waals surface area (Å²) in [6, 6.07) is 7.58. The molecule has 1 rings (SSSR count). The van der Waals surface area contributed by atoms with Gasteiger partial charge in [0.05, 0.1) is 4.83 Å². The fourth-order valence-corrected chi connectivity index (χ4v) is 1.96. The molecule has 0 saturated heterocycles. The molecule has 4 heteroatoms. The summed E-state index contributed by atoms with van der Waals surface area (Å²) in [5.41, 5.74) is 1.05. The van der Waals surface area contributed by atoms with Crippen molar-refractivity contribution in [1.29, 1.82) is 0 Å². The van der Waals surface area contributed by atoms with Crippen LogP contribution in [0.1, 0.15) is 19.4 Å². The van der Waals surface area contributed by atoms with Crippen LogP contribution in [0.25, 0.3) is 0 Å². The number of carbonyl (C=O) groups is 1. The lowest BCUT2D eigenvalue weighted by atomic mass is 10.2. The van der Waals surface area contributed by atoms with Crippen LogP contribution in [0.5, 0.6) is 0 Å². The van der Waals surface area contributed by atoms with E-state index in [9.17, 15) is 4.79 Å². The highest BCUT2D eigenvalue weighted by molar-refractivity contribution is 9.10. The molecule has 2 nitrogen and oxygen atoms in total. The molecule has 1 unspecified atom stereocenters. The second-order valence-electron chi connectivity index (χ2n) is 3.60. The van der Waals surface area contributed by atoms with Crippen molar-refractivity contribution >= 4 is 33.4 Å². The number of halogens is 2. The summed E-state index contributed by atoms with van der Waals surface area (Å²) in [4.78, 5) is 13.5. The molecule has 16 heavy (non-hydrogen) atoms. The lowest BCUT2D eigenvalue weighted by Gasteiger charge is -2.22. The average molecular weight is 305 g/mol. The molecule has 0 radical (unpaired) electrons. The number of benzene rings is 1. The monoisotopic (exact) mass is 303 g/mol. The maximum absolute atomic E-state index is 11.8. The molecule has 0 spiro atoms. The van der Waals surface area contributed by atoms with Gasteiger partial charge in [0, 0.05) is 18.1 Å². The molecule has 0 N–H and O–H groups in total. The first-order chi connectivity index (χ1) is 7.54. The number of hydrogen-bond donors (Lipinski definition) is 0. The van der Waals surface area contributed by atoms with E-state index >= 15 is 0 Å². The molecule has 0 aromatic heterocycles. The topological polar surface area (TPSA) is 20.3 Å². The van der Waals surface area contributed by atoms with Gasteiger partial charge in [0.25, 0.3) is 0 Å². The van der Waals surface area contributed by atoms with Crippen molar-refractivity contribution < 1.29 is 4.79 Å². The van der Waals surface area contributed by atoms with Crippen LogP contribution in [0, 0.1) is 0 Å². The third-order valence-electron chi connectivity index (χ3n) is 2.30. The maximum atomic E-state index is 11.8. The van der Waals surface area contributed by atoms with Crippen molar-refractivity contribution in [3.63, 3.8) is 0 Å². The molecule has 0 bridgehead atoms.